The second-order valence-electron chi connectivity index (χ2n) is 6.68. The van der Waals surface area contributed by atoms with Crippen LogP contribution in [0.4, 0.5) is 0 Å². The summed E-state index contributed by atoms with van der Waals surface area (Å²) in [5.41, 5.74) is 2.05. The van der Waals surface area contributed by atoms with E-state index in [9.17, 15) is 4.79 Å². The van der Waals surface area contributed by atoms with Gasteiger partial charge < -0.3 is 4.74 Å². The summed E-state index contributed by atoms with van der Waals surface area (Å²) >= 11 is 0. The van der Waals surface area contributed by atoms with Crippen molar-refractivity contribution in [2.24, 2.45) is 5.41 Å². The summed E-state index contributed by atoms with van der Waals surface area (Å²) < 4.78 is 5.41. The van der Waals surface area contributed by atoms with Crippen molar-refractivity contribution >= 4 is 16.7 Å². The Morgan fingerprint density at radius 3 is 2.33 bits per heavy atom. The highest BCUT2D eigenvalue weighted by molar-refractivity contribution is 6.10. The predicted molar refractivity (Wildman–Crippen MR) is 86.2 cm³/mol. The van der Waals surface area contributed by atoms with E-state index < -0.39 is 5.41 Å². The number of carbonyl (C=O) groups is 1. The highest BCUT2D eigenvalue weighted by Gasteiger charge is 2.25. The van der Waals surface area contributed by atoms with Crippen LogP contribution in [0.5, 0.6) is 5.75 Å². The molecule has 2 aromatic rings. The van der Waals surface area contributed by atoms with Gasteiger partial charge >= 0.3 is 0 Å². The Balaban J connectivity index is 2.73. The molecule has 0 aliphatic rings. The molecule has 0 saturated heterocycles. The van der Waals surface area contributed by atoms with E-state index in [0.29, 0.717) is 17.2 Å². The van der Waals surface area contributed by atoms with Gasteiger partial charge in [-0.3, -0.25) is 4.79 Å². The summed E-state index contributed by atoms with van der Waals surface area (Å²) in [6.07, 6.45) is 0. The van der Waals surface area contributed by atoms with Gasteiger partial charge in [0.1, 0.15) is 11.3 Å². The molecule has 0 aliphatic carbocycles. The highest BCUT2D eigenvalue weighted by Crippen LogP contribution is 2.32. The molecule has 0 atom stereocenters. The molecule has 0 amide bonds. The van der Waals surface area contributed by atoms with E-state index in [0.717, 1.165) is 16.6 Å². The van der Waals surface area contributed by atoms with Gasteiger partial charge in [-0.05, 0) is 24.1 Å². The van der Waals surface area contributed by atoms with Crippen molar-refractivity contribution in [3.8, 4) is 5.75 Å². The van der Waals surface area contributed by atoms with Crippen LogP contribution in [0, 0.1) is 5.41 Å². The Morgan fingerprint density at radius 2 is 1.81 bits per heavy atom. The van der Waals surface area contributed by atoms with Gasteiger partial charge in [0.25, 0.3) is 0 Å². The standard InChI is InChI=1S/C18H23NO2/c1-11(2)14-9-7-12-13(17(20)18(3,4)5)8-10-15(21-6)16(12)19-14/h7-11H,1-6H3. The lowest BCUT2D eigenvalue weighted by atomic mass is 9.85. The lowest BCUT2D eigenvalue weighted by molar-refractivity contribution is 0.0860. The number of fused-ring (bicyclic) bond motifs is 1. The third-order valence-corrected chi connectivity index (χ3v) is 3.58. The molecule has 1 aromatic heterocycles. The first-order chi connectivity index (χ1) is 9.75. The molecule has 0 aliphatic heterocycles. The lowest BCUT2D eigenvalue weighted by Crippen LogP contribution is -2.20. The molecule has 0 spiro atoms. The zero-order valence-corrected chi connectivity index (χ0v) is 13.7. The molecule has 0 saturated carbocycles. The van der Waals surface area contributed by atoms with E-state index in [1.807, 2.05) is 45.0 Å². The van der Waals surface area contributed by atoms with Crippen molar-refractivity contribution in [1.82, 2.24) is 4.98 Å². The highest BCUT2D eigenvalue weighted by atomic mass is 16.5. The zero-order chi connectivity index (χ0) is 15.8. The Bertz CT molecular complexity index is 681. The fraction of sp³-hybridized carbons (Fsp3) is 0.444. The third kappa shape index (κ3) is 2.92. The molecule has 3 heteroatoms. The molecular formula is C18H23NO2. The molecule has 0 N–H and O–H groups in total. The van der Waals surface area contributed by atoms with Crippen LogP contribution in [0.25, 0.3) is 10.9 Å². The SMILES string of the molecule is COc1ccc(C(=O)C(C)(C)C)c2ccc(C(C)C)nc12. The first-order valence-electron chi connectivity index (χ1n) is 7.28. The summed E-state index contributed by atoms with van der Waals surface area (Å²) in [5, 5.41) is 0.860. The van der Waals surface area contributed by atoms with Crippen LogP contribution in [0.1, 0.15) is 56.6 Å². The van der Waals surface area contributed by atoms with E-state index in [1.165, 1.54) is 0 Å². The van der Waals surface area contributed by atoms with Gasteiger partial charge in [0.05, 0.1) is 7.11 Å². The van der Waals surface area contributed by atoms with E-state index in [1.54, 1.807) is 7.11 Å². The van der Waals surface area contributed by atoms with Crippen LogP contribution in [-0.4, -0.2) is 17.9 Å². The monoisotopic (exact) mass is 285 g/mol. The normalized spacial score (nSPS) is 12.0. The second-order valence-corrected chi connectivity index (χ2v) is 6.68. The van der Waals surface area contributed by atoms with Crippen molar-refractivity contribution in [2.75, 3.05) is 7.11 Å². The van der Waals surface area contributed by atoms with Gasteiger partial charge in [0, 0.05) is 22.1 Å². The van der Waals surface area contributed by atoms with Crippen LogP contribution in [0.2, 0.25) is 0 Å². The Kier molecular flexibility index (Phi) is 4.04. The number of ketones is 1. The van der Waals surface area contributed by atoms with Crippen LogP contribution in [-0.2, 0) is 0 Å². The van der Waals surface area contributed by atoms with Gasteiger partial charge in [-0.25, -0.2) is 4.98 Å². The van der Waals surface area contributed by atoms with Crippen molar-refractivity contribution in [1.29, 1.82) is 0 Å². The number of nitrogens with zero attached hydrogens (tertiary/aromatic N) is 1. The van der Waals surface area contributed by atoms with Crippen LogP contribution < -0.4 is 4.74 Å². The molecule has 0 bridgehead atoms. The van der Waals surface area contributed by atoms with Gasteiger partial charge in [-0.15, -0.1) is 0 Å². The van der Waals surface area contributed by atoms with E-state index >= 15 is 0 Å². The molecule has 2 rings (SSSR count). The van der Waals surface area contributed by atoms with E-state index in [-0.39, 0.29) is 5.78 Å². The zero-order valence-electron chi connectivity index (χ0n) is 13.7. The van der Waals surface area contributed by atoms with Gasteiger partial charge in [-0.2, -0.15) is 0 Å². The minimum Gasteiger partial charge on any atom is -0.494 e. The maximum absolute atomic E-state index is 12.6. The molecule has 0 unspecified atom stereocenters. The first-order valence-corrected chi connectivity index (χ1v) is 7.28. The topological polar surface area (TPSA) is 39.2 Å². The number of ether oxygens (including phenoxy) is 1. The number of hydrogen-bond acceptors (Lipinski definition) is 3. The van der Waals surface area contributed by atoms with E-state index in [2.05, 4.69) is 13.8 Å². The number of aromatic nitrogens is 1. The summed E-state index contributed by atoms with van der Waals surface area (Å²) in [6, 6.07) is 7.65. The fourth-order valence-corrected chi connectivity index (χ4v) is 2.30. The minimum atomic E-state index is -0.418. The number of methoxy groups -OCH3 is 1. The van der Waals surface area contributed by atoms with Gasteiger partial charge in [0.2, 0.25) is 0 Å². The average molecular weight is 285 g/mol. The van der Waals surface area contributed by atoms with Crippen molar-refractivity contribution in [2.45, 2.75) is 40.5 Å². The van der Waals surface area contributed by atoms with Crippen LogP contribution in [0.3, 0.4) is 0 Å². The third-order valence-electron chi connectivity index (χ3n) is 3.58. The Labute approximate surface area is 126 Å². The molecular weight excluding hydrogens is 262 g/mol. The Hall–Kier alpha value is -1.90. The Morgan fingerprint density at radius 1 is 1.14 bits per heavy atom. The quantitative estimate of drug-likeness (QED) is 0.774. The summed E-state index contributed by atoms with van der Waals surface area (Å²) in [6.45, 7) is 10.00. The summed E-state index contributed by atoms with van der Waals surface area (Å²) in [5.74, 6) is 1.16. The molecule has 1 aromatic carbocycles. The average Bonchev–Trinajstić information content (AvgIpc) is 2.43. The number of hydrogen-bond donors (Lipinski definition) is 0. The smallest absolute Gasteiger partial charge is 0.168 e. The fourth-order valence-electron chi connectivity index (χ4n) is 2.30. The maximum atomic E-state index is 12.6. The number of carbonyl (C=O) groups excluding carboxylic acids is 1. The number of rotatable bonds is 3. The molecule has 21 heavy (non-hydrogen) atoms. The second kappa shape index (κ2) is 5.47. The van der Waals surface area contributed by atoms with E-state index in [4.69, 9.17) is 9.72 Å². The lowest BCUT2D eigenvalue weighted by Gasteiger charge is -2.19. The minimum absolute atomic E-state index is 0.120. The number of pyridine rings is 1. The largest absolute Gasteiger partial charge is 0.494 e. The van der Waals surface area contributed by atoms with Crippen molar-refractivity contribution in [3.63, 3.8) is 0 Å². The molecule has 3 nitrogen and oxygen atoms in total. The molecule has 0 radical (unpaired) electrons. The first kappa shape index (κ1) is 15.5. The van der Waals surface area contributed by atoms with Crippen molar-refractivity contribution in [3.05, 3.63) is 35.5 Å². The molecule has 0 fully saturated rings. The summed E-state index contributed by atoms with van der Waals surface area (Å²) in [4.78, 5) is 17.3. The van der Waals surface area contributed by atoms with Crippen LogP contribution in [0.15, 0.2) is 24.3 Å². The summed E-state index contributed by atoms with van der Waals surface area (Å²) in [7, 11) is 1.63. The number of benzene rings is 1. The predicted octanol–water partition coefficient (Wildman–Crippen LogP) is 4.60. The van der Waals surface area contributed by atoms with Gasteiger partial charge in [-0.1, -0.05) is 40.7 Å². The number of Topliss-reactive ketones (excluding diaryl/α,β-unsaturated/α-hetero) is 1. The van der Waals surface area contributed by atoms with Crippen molar-refractivity contribution < 1.29 is 9.53 Å². The molecule has 112 valence electrons. The van der Waals surface area contributed by atoms with Crippen LogP contribution >= 0.6 is 0 Å². The molecule has 1 heterocycles. The van der Waals surface area contributed by atoms with Gasteiger partial charge in [0.15, 0.2) is 5.78 Å². The maximum Gasteiger partial charge on any atom is 0.168 e.